The zero-order valence-electron chi connectivity index (χ0n) is 8.01. The van der Waals surface area contributed by atoms with Gasteiger partial charge in [-0.25, -0.2) is 0 Å². The molecule has 0 amide bonds. The summed E-state index contributed by atoms with van der Waals surface area (Å²) in [5.74, 6) is 0. The van der Waals surface area contributed by atoms with Crippen LogP contribution in [0.15, 0.2) is 27.6 Å². The molecule has 0 aliphatic carbocycles. The summed E-state index contributed by atoms with van der Waals surface area (Å²) >= 11 is 11.7. The van der Waals surface area contributed by atoms with Gasteiger partial charge in [-0.3, -0.25) is 4.79 Å². The second-order valence-electron chi connectivity index (χ2n) is 3.21. The molecule has 15 heavy (non-hydrogen) atoms. The van der Waals surface area contributed by atoms with Crippen molar-refractivity contribution in [3.8, 4) is 0 Å². The van der Waals surface area contributed by atoms with Crippen LogP contribution >= 0.6 is 23.2 Å². The Morgan fingerprint density at radius 2 is 2.07 bits per heavy atom. The lowest BCUT2D eigenvalue weighted by Gasteiger charge is -2.02. The summed E-state index contributed by atoms with van der Waals surface area (Å²) in [6.07, 6.45) is 2.08. The Balaban J connectivity index is 2.93. The second kappa shape index (κ2) is 3.87. The largest absolute Gasteiger partial charge is 0.462 e. The normalized spacial score (nSPS) is 10.9. The lowest BCUT2D eigenvalue weighted by molar-refractivity contribution is 0.594. The number of halogens is 2. The van der Waals surface area contributed by atoms with E-state index >= 15 is 0 Å². The molecule has 1 heterocycles. The predicted octanol–water partition coefficient (Wildman–Crippen LogP) is 3.66. The molecule has 4 heteroatoms. The van der Waals surface area contributed by atoms with E-state index in [0.29, 0.717) is 33.0 Å². The molecular formula is C11H8Cl2O2. The van der Waals surface area contributed by atoms with Gasteiger partial charge >= 0.3 is 0 Å². The maximum Gasteiger partial charge on any atom is 0.195 e. The number of fused-ring (bicyclic) bond motifs is 1. The average molecular weight is 243 g/mol. The molecule has 0 N–H and O–H groups in total. The molecule has 2 rings (SSSR count). The van der Waals surface area contributed by atoms with E-state index in [4.69, 9.17) is 27.6 Å². The van der Waals surface area contributed by atoms with Gasteiger partial charge in [-0.1, -0.05) is 30.1 Å². The van der Waals surface area contributed by atoms with Crippen molar-refractivity contribution in [2.75, 3.05) is 0 Å². The first kappa shape index (κ1) is 10.5. The van der Waals surface area contributed by atoms with E-state index in [0.717, 1.165) is 0 Å². The fourth-order valence-electron chi connectivity index (χ4n) is 1.45. The SMILES string of the molecule is CCc1coc2c(Cl)cc(Cl)cc2c1=O. The van der Waals surface area contributed by atoms with Gasteiger partial charge in [0.15, 0.2) is 11.0 Å². The lowest BCUT2D eigenvalue weighted by atomic mass is 10.1. The van der Waals surface area contributed by atoms with Crippen molar-refractivity contribution in [2.45, 2.75) is 13.3 Å². The van der Waals surface area contributed by atoms with Gasteiger partial charge in [-0.2, -0.15) is 0 Å². The van der Waals surface area contributed by atoms with E-state index in [1.54, 1.807) is 12.1 Å². The van der Waals surface area contributed by atoms with Crippen LogP contribution in [0.5, 0.6) is 0 Å². The van der Waals surface area contributed by atoms with E-state index in [1.165, 1.54) is 6.26 Å². The molecule has 0 bridgehead atoms. The third-order valence-corrected chi connectivity index (χ3v) is 2.74. The van der Waals surface area contributed by atoms with E-state index in [2.05, 4.69) is 0 Å². The third kappa shape index (κ3) is 1.75. The molecule has 0 aliphatic heterocycles. The monoisotopic (exact) mass is 242 g/mol. The van der Waals surface area contributed by atoms with Crippen LogP contribution in [-0.4, -0.2) is 0 Å². The summed E-state index contributed by atoms with van der Waals surface area (Å²) in [7, 11) is 0. The fourth-order valence-corrected chi connectivity index (χ4v) is 1.99. The predicted molar refractivity (Wildman–Crippen MR) is 61.9 cm³/mol. The number of benzene rings is 1. The number of rotatable bonds is 1. The van der Waals surface area contributed by atoms with Crippen molar-refractivity contribution in [1.82, 2.24) is 0 Å². The van der Waals surface area contributed by atoms with Crippen LogP contribution in [-0.2, 0) is 6.42 Å². The summed E-state index contributed by atoms with van der Waals surface area (Å²) in [6.45, 7) is 1.89. The highest BCUT2D eigenvalue weighted by molar-refractivity contribution is 6.38. The molecule has 0 spiro atoms. The summed E-state index contributed by atoms with van der Waals surface area (Å²) < 4.78 is 5.31. The zero-order chi connectivity index (χ0) is 11.0. The molecule has 0 saturated carbocycles. The molecule has 1 aromatic carbocycles. The van der Waals surface area contributed by atoms with Crippen molar-refractivity contribution in [3.05, 3.63) is 44.2 Å². The molecule has 78 valence electrons. The van der Waals surface area contributed by atoms with Crippen LogP contribution in [0.25, 0.3) is 11.0 Å². The number of hydrogen-bond donors (Lipinski definition) is 0. The maximum atomic E-state index is 11.9. The Kier molecular flexibility index (Phi) is 2.72. The van der Waals surface area contributed by atoms with Crippen LogP contribution < -0.4 is 5.43 Å². The van der Waals surface area contributed by atoms with Gasteiger partial charge in [0, 0.05) is 10.6 Å². The molecule has 2 aromatic rings. The first-order valence-electron chi connectivity index (χ1n) is 4.53. The van der Waals surface area contributed by atoms with Gasteiger partial charge in [-0.15, -0.1) is 0 Å². The highest BCUT2D eigenvalue weighted by Crippen LogP contribution is 2.26. The Hall–Kier alpha value is -0.990. The van der Waals surface area contributed by atoms with Crippen molar-refractivity contribution >= 4 is 34.2 Å². The minimum absolute atomic E-state index is 0.0665. The molecule has 0 atom stereocenters. The lowest BCUT2D eigenvalue weighted by Crippen LogP contribution is -2.07. The van der Waals surface area contributed by atoms with Crippen LogP contribution in [0.2, 0.25) is 10.0 Å². The van der Waals surface area contributed by atoms with Gasteiger partial charge in [0.25, 0.3) is 0 Å². The van der Waals surface area contributed by atoms with Gasteiger partial charge in [0.2, 0.25) is 0 Å². The highest BCUT2D eigenvalue weighted by Gasteiger charge is 2.09. The van der Waals surface area contributed by atoms with Crippen molar-refractivity contribution in [3.63, 3.8) is 0 Å². The second-order valence-corrected chi connectivity index (χ2v) is 4.05. The van der Waals surface area contributed by atoms with Gasteiger partial charge < -0.3 is 4.42 Å². The van der Waals surface area contributed by atoms with Crippen molar-refractivity contribution in [2.24, 2.45) is 0 Å². The topological polar surface area (TPSA) is 30.2 Å². The summed E-state index contributed by atoms with van der Waals surface area (Å²) in [5, 5.41) is 1.23. The van der Waals surface area contributed by atoms with E-state index in [1.807, 2.05) is 6.92 Å². The van der Waals surface area contributed by atoms with Gasteiger partial charge in [0.1, 0.15) is 0 Å². The van der Waals surface area contributed by atoms with Crippen molar-refractivity contribution in [1.29, 1.82) is 0 Å². The summed E-state index contributed by atoms with van der Waals surface area (Å²) in [4.78, 5) is 11.9. The Labute approximate surface area is 96.4 Å². The molecule has 0 aliphatic rings. The van der Waals surface area contributed by atoms with Crippen LogP contribution in [0.1, 0.15) is 12.5 Å². The smallest absolute Gasteiger partial charge is 0.195 e. The molecule has 0 unspecified atom stereocenters. The molecule has 2 nitrogen and oxygen atoms in total. The number of aryl methyl sites for hydroxylation is 1. The summed E-state index contributed by atoms with van der Waals surface area (Å²) in [6, 6.07) is 3.13. The minimum atomic E-state index is -0.0665. The van der Waals surface area contributed by atoms with Crippen LogP contribution in [0.3, 0.4) is 0 Å². The van der Waals surface area contributed by atoms with Gasteiger partial charge in [0.05, 0.1) is 16.7 Å². The Morgan fingerprint density at radius 3 is 2.73 bits per heavy atom. The van der Waals surface area contributed by atoms with E-state index in [-0.39, 0.29) is 5.43 Å². The fraction of sp³-hybridized carbons (Fsp3) is 0.182. The maximum absolute atomic E-state index is 11.9. The van der Waals surface area contributed by atoms with E-state index < -0.39 is 0 Å². The molecule has 0 radical (unpaired) electrons. The molecular weight excluding hydrogens is 235 g/mol. The van der Waals surface area contributed by atoms with Crippen LogP contribution in [0, 0.1) is 0 Å². The van der Waals surface area contributed by atoms with Crippen LogP contribution in [0.4, 0.5) is 0 Å². The summed E-state index contributed by atoms with van der Waals surface area (Å²) in [5.41, 5.74) is 0.951. The van der Waals surface area contributed by atoms with Gasteiger partial charge in [-0.05, 0) is 18.6 Å². The van der Waals surface area contributed by atoms with E-state index in [9.17, 15) is 4.79 Å². The Morgan fingerprint density at radius 1 is 1.33 bits per heavy atom. The first-order valence-corrected chi connectivity index (χ1v) is 5.28. The molecule has 1 aromatic heterocycles. The quantitative estimate of drug-likeness (QED) is 0.764. The molecule has 0 fully saturated rings. The number of hydrogen-bond acceptors (Lipinski definition) is 2. The highest BCUT2D eigenvalue weighted by atomic mass is 35.5. The standard InChI is InChI=1S/C11H8Cl2O2/c1-2-6-5-15-11-8(10(6)14)3-7(12)4-9(11)13/h3-5H,2H2,1H3. The first-order chi connectivity index (χ1) is 7.13. The molecule has 0 saturated heterocycles. The average Bonchev–Trinajstić information content (AvgIpc) is 2.19. The minimum Gasteiger partial charge on any atom is -0.462 e. The Bertz CT molecular complexity index is 573. The van der Waals surface area contributed by atoms with Crippen molar-refractivity contribution < 1.29 is 4.42 Å². The third-order valence-electron chi connectivity index (χ3n) is 2.24. The zero-order valence-corrected chi connectivity index (χ0v) is 9.52.